The topological polar surface area (TPSA) is 151 Å². The fourth-order valence-corrected chi connectivity index (χ4v) is 2.84. The first-order chi connectivity index (χ1) is 15.2. The number of aromatic nitrogens is 3. The first kappa shape index (κ1) is 22.5. The van der Waals surface area contributed by atoms with Gasteiger partial charge >= 0.3 is 11.8 Å². The van der Waals surface area contributed by atoms with E-state index in [-0.39, 0.29) is 18.1 Å². The predicted molar refractivity (Wildman–Crippen MR) is 115 cm³/mol. The van der Waals surface area contributed by atoms with Gasteiger partial charge in [-0.3, -0.25) is 19.5 Å². The molecule has 3 rings (SSSR count). The Morgan fingerprint density at radius 3 is 2.59 bits per heavy atom. The predicted octanol–water partition coefficient (Wildman–Crippen LogP) is 1.65. The monoisotopic (exact) mass is 440 g/mol. The molecular weight excluding hydrogens is 416 g/mol. The van der Waals surface area contributed by atoms with Crippen LogP contribution < -0.4 is 20.7 Å². The summed E-state index contributed by atoms with van der Waals surface area (Å²) >= 11 is 0. The number of benzene rings is 1. The highest BCUT2D eigenvalue weighted by Gasteiger charge is 2.26. The minimum absolute atomic E-state index is 0.0937. The Balaban J connectivity index is 1.58. The molecule has 0 spiro atoms. The Hall–Kier alpha value is -4.15. The maximum Gasteiger partial charge on any atom is 0.313 e. The van der Waals surface area contributed by atoms with Crippen LogP contribution in [0.4, 0.5) is 5.69 Å². The van der Waals surface area contributed by atoms with E-state index < -0.39 is 17.4 Å². The lowest BCUT2D eigenvalue weighted by atomic mass is 10.1. The van der Waals surface area contributed by atoms with Crippen LogP contribution in [0.5, 0.6) is 5.75 Å². The van der Waals surface area contributed by atoms with Gasteiger partial charge in [0.1, 0.15) is 11.4 Å². The Kier molecular flexibility index (Phi) is 6.57. The summed E-state index contributed by atoms with van der Waals surface area (Å²) in [7, 11) is 1.48. The van der Waals surface area contributed by atoms with Crippen LogP contribution >= 0.6 is 0 Å². The lowest BCUT2D eigenvalue weighted by Crippen LogP contribution is -2.54. The van der Waals surface area contributed by atoms with Crippen LogP contribution in [-0.2, 0) is 9.59 Å². The number of nitrogens with one attached hydrogen (secondary N) is 4. The van der Waals surface area contributed by atoms with Gasteiger partial charge < -0.3 is 25.1 Å². The third-order valence-corrected chi connectivity index (χ3v) is 4.44. The number of amides is 3. The molecule has 4 N–H and O–H groups in total. The van der Waals surface area contributed by atoms with Crippen molar-refractivity contribution < 1.29 is 23.5 Å². The number of nitrogens with zero attached hydrogens (tertiary/aromatic N) is 2. The average molecular weight is 440 g/mol. The second kappa shape index (κ2) is 9.33. The summed E-state index contributed by atoms with van der Waals surface area (Å²) in [5, 5.41) is 14.4. The number of hydrogen-bond donors (Lipinski definition) is 4. The fraction of sp³-hybridized carbons (Fsp3) is 0.286. The van der Waals surface area contributed by atoms with Crippen molar-refractivity contribution in [2.45, 2.75) is 26.3 Å². The second-order valence-corrected chi connectivity index (χ2v) is 7.69. The lowest BCUT2D eigenvalue weighted by Gasteiger charge is -2.26. The highest BCUT2D eigenvalue weighted by Crippen LogP contribution is 2.32. The molecule has 0 aliphatic rings. The second-order valence-electron chi connectivity index (χ2n) is 7.69. The standard InChI is InChI=1S/C21H24N6O5/c1-12-7-15(27-26-12)18(28)23-10-21(2,3)25-20(30)19(29)24-13-5-6-14(16(8-13)31-4)17-9-22-11-32-17/h5-9,11H,10H2,1-4H3,(H,23,28)(H,24,29)(H,25,30)(H,26,27). The van der Waals surface area contributed by atoms with Crippen molar-refractivity contribution in [2.75, 3.05) is 19.0 Å². The van der Waals surface area contributed by atoms with Gasteiger partial charge in [-0.05, 0) is 39.0 Å². The summed E-state index contributed by atoms with van der Waals surface area (Å²) in [6.45, 7) is 5.24. The first-order valence-electron chi connectivity index (χ1n) is 9.69. The molecule has 2 heterocycles. The van der Waals surface area contributed by atoms with E-state index in [1.54, 1.807) is 45.0 Å². The zero-order valence-electron chi connectivity index (χ0n) is 18.1. The molecule has 0 saturated carbocycles. The van der Waals surface area contributed by atoms with Gasteiger partial charge in [-0.2, -0.15) is 5.10 Å². The Labute approximate surface area is 183 Å². The molecule has 11 nitrogen and oxygen atoms in total. The molecule has 32 heavy (non-hydrogen) atoms. The number of H-pyrrole nitrogens is 1. The van der Waals surface area contributed by atoms with Gasteiger partial charge in [0.2, 0.25) is 0 Å². The quantitative estimate of drug-likeness (QED) is 0.408. The fourth-order valence-electron chi connectivity index (χ4n) is 2.84. The van der Waals surface area contributed by atoms with Crippen LogP contribution in [0.25, 0.3) is 11.3 Å². The van der Waals surface area contributed by atoms with Crippen molar-refractivity contribution >= 4 is 23.4 Å². The number of carbonyl (C=O) groups is 3. The number of ether oxygens (including phenoxy) is 1. The number of aromatic amines is 1. The van der Waals surface area contributed by atoms with Crippen LogP contribution in [-0.4, -0.2) is 52.1 Å². The van der Waals surface area contributed by atoms with E-state index >= 15 is 0 Å². The molecule has 3 aromatic rings. The first-order valence-corrected chi connectivity index (χ1v) is 9.69. The van der Waals surface area contributed by atoms with Crippen molar-refractivity contribution in [2.24, 2.45) is 0 Å². The van der Waals surface area contributed by atoms with Crippen LogP contribution in [0.2, 0.25) is 0 Å². The summed E-state index contributed by atoms with van der Waals surface area (Å²) in [5.41, 5.74) is 1.13. The summed E-state index contributed by atoms with van der Waals surface area (Å²) in [6, 6.07) is 6.47. The summed E-state index contributed by atoms with van der Waals surface area (Å²) in [4.78, 5) is 40.8. The van der Waals surface area contributed by atoms with Crippen molar-refractivity contribution in [1.82, 2.24) is 25.8 Å². The van der Waals surface area contributed by atoms with Gasteiger partial charge in [0.05, 0.1) is 24.4 Å². The molecule has 0 saturated heterocycles. The van der Waals surface area contributed by atoms with E-state index in [1.165, 1.54) is 19.7 Å². The maximum atomic E-state index is 12.4. The minimum Gasteiger partial charge on any atom is -0.496 e. The Morgan fingerprint density at radius 1 is 1.19 bits per heavy atom. The van der Waals surface area contributed by atoms with E-state index in [0.717, 1.165) is 5.69 Å². The SMILES string of the molecule is COc1cc(NC(=O)C(=O)NC(C)(C)CNC(=O)c2cc(C)[nH]n2)ccc1-c1cnco1. The van der Waals surface area contributed by atoms with Gasteiger partial charge in [-0.1, -0.05) is 0 Å². The zero-order valence-corrected chi connectivity index (χ0v) is 18.1. The third-order valence-electron chi connectivity index (χ3n) is 4.44. The van der Waals surface area contributed by atoms with E-state index in [2.05, 4.69) is 31.1 Å². The van der Waals surface area contributed by atoms with Gasteiger partial charge in [0.15, 0.2) is 12.2 Å². The van der Waals surface area contributed by atoms with E-state index in [0.29, 0.717) is 22.8 Å². The molecule has 0 bridgehead atoms. The highest BCUT2D eigenvalue weighted by molar-refractivity contribution is 6.39. The Bertz CT molecular complexity index is 1120. The van der Waals surface area contributed by atoms with Crippen LogP contribution in [0.15, 0.2) is 41.3 Å². The van der Waals surface area contributed by atoms with Gasteiger partial charge in [-0.25, -0.2) is 4.98 Å². The molecule has 0 atom stereocenters. The molecule has 0 aliphatic heterocycles. The molecular formula is C21H24N6O5. The number of aryl methyl sites for hydroxylation is 1. The molecule has 3 amide bonds. The number of carbonyl (C=O) groups excluding carboxylic acids is 3. The summed E-state index contributed by atoms with van der Waals surface area (Å²) < 4.78 is 10.6. The molecule has 1 aromatic carbocycles. The lowest BCUT2D eigenvalue weighted by molar-refractivity contribution is -0.137. The number of anilines is 1. The molecule has 168 valence electrons. The van der Waals surface area contributed by atoms with E-state index in [9.17, 15) is 14.4 Å². The van der Waals surface area contributed by atoms with Crippen molar-refractivity contribution in [3.63, 3.8) is 0 Å². The molecule has 0 radical (unpaired) electrons. The van der Waals surface area contributed by atoms with Gasteiger partial charge in [0.25, 0.3) is 5.91 Å². The van der Waals surface area contributed by atoms with Crippen LogP contribution in [0.1, 0.15) is 30.0 Å². The van der Waals surface area contributed by atoms with E-state index in [1.807, 2.05) is 0 Å². The van der Waals surface area contributed by atoms with Crippen molar-refractivity contribution in [1.29, 1.82) is 0 Å². The summed E-state index contributed by atoms with van der Waals surface area (Å²) in [5.74, 6) is -1.15. The van der Waals surface area contributed by atoms with Gasteiger partial charge in [0, 0.05) is 24.0 Å². The van der Waals surface area contributed by atoms with Crippen molar-refractivity contribution in [3.8, 4) is 17.1 Å². The minimum atomic E-state index is -0.886. The zero-order chi connectivity index (χ0) is 23.3. The summed E-state index contributed by atoms with van der Waals surface area (Å²) in [6.07, 6.45) is 2.84. The number of oxazole rings is 1. The maximum absolute atomic E-state index is 12.4. The van der Waals surface area contributed by atoms with Crippen molar-refractivity contribution in [3.05, 3.63) is 48.2 Å². The molecule has 0 fully saturated rings. The molecule has 0 aliphatic carbocycles. The van der Waals surface area contributed by atoms with Crippen LogP contribution in [0.3, 0.4) is 0 Å². The molecule has 0 unspecified atom stereocenters. The Morgan fingerprint density at radius 2 is 1.97 bits per heavy atom. The van der Waals surface area contributed by atoms with E-state index in [4.69, 9.17) is 9.15 Å². The largest absolute Gasteiger partial charge is 0.496 e. The third kappa shape index (κ3) is 5.50. The number of methoxy groups -OCH3 is 1. The molecule has 11 heteroatoms. The number of hydrogen-bond acceptors (Lipinski definition) is 7. The van der Waals surface area contributed by atoms with Crippen LogP contribution in [0, 0.1) is 6.92 Å². The molecule has 2 aromatic heterocycles. The van der Waals surface area contributed by atoms with Gasteiger partial charge in [-0.15, -0.1) is 0 Å². The smallest absolute Gasteiger partial charge is 0.313 e. The normalized spacial score (nSPS) is 11.0. The highest BCUT2D eigenvalue weighted by atomic mass is 16.5. The number of rotatable bonds is 7. The average Bonchev–Trinajstić information content (AvgIpc) is 3.43.